The largest absolute Gasteiger partial charge is 2.00 e. The van der Waals surface area contributed by atoms with Crippen molar-refractivity contribution in [1.29, 1.82) is 0 Å². The summed E-state index contributed by atoms with van der Waals surface area (Å²) < 4.78 is 50.9. The van der Waals surface area contributed by atoms with Gasteiger partial charge in [0, 0.05) is 39.1 Å². The van der Waals surface area contributed by atoms with Crippen LogP contribution in [0.15, 0.2) is 96.5 Å². The molecule has 0 bridgehead atoms. The SMILES string of the molecule is C1CCOC1.C=CCC(O)(CC=C)[C@H]1O[C@@H]2SC(=NC)N[C@@H]2[C@@H](OCc2ccc(OC)cc2)[C@@H]1C.C=C[CH2-].COC(=O)[C@H]1O[C@@H]2SC(N(C)C(=O)OC(C)(C)C)=N[C@@H]2[C@@H](OCc2ccc(OC)cc2)[C@@H]1C.[Cl-].[Mg+2]. The summed E-state index contributed by atoms with van der Waals surface area (Å²) in [5.41, 5.74) is -0.376. The Hall–Kier alpha value is -3.47. The number of aliphatic imine (C=N–C) groups is 2. The zero-order chi connectivity index (χ0) is 52.3. The van der Waals surface area contributed by atoms with Crippen LogP contribution in [0, 0.1) is 18.8 Å². The normalized spacial score (nSPS) is 26.2. The molecule has 402 valence electrons. The number of amides is 1. The number of thioether (sulfide) groups is 2. The number of halogens is 1. The molecule has 73 heavy (non-hydrogen) atoms. The van der Waals surface area contributed by atoms with Crippen molar-refractivity contribution < 1.29 is 69.7 Å². The van der Waals surface area contributed by atoms with Crippen LogP contribution in [0.1, 0.15) is 71.4 Å². The Labute approximate surface area is 464 Å². The number of carbonyl (C=O) groups is 2. The summed E-state index contributed by atoms with van der Waals surface area (Å²) in [7, 11) is 7.96. The molecule has 5 aliphatic rings. The first kappa shape index (κ1) is 65.6. The van der Waals surface area contributed by atoms with Crippen molar-refractivity contribution in [3.8, 4) is 11.5 Å². The minimum absolute atomic E-state index is 0. The zero-order valence-corrected chi connectivity index (χ0v) is 48.1. The van der Waals surface area contributed by atoms with Gasteiger partial charge in [-0.1, -0.05) is 73.8 Å². The van der Waals surface area contributed by atoms with Gasteiger partial charge in [-0.05, 0) is 81.8 Å². The van der Waals surface area contributed by atoms with Crippen molar-refractivity contribution in [1.82, 2.24) is 10.2 Å². The third-order valence-electron chi connectivity index (χ3n) is 12.0. The number of aliphatic hydroxyl groups is 1. The molecule has 4 fully saturated rings. The standard InChI is InChI=1S/C23H32N2O7S.C23H32N2O4S.C4H8O.C3H5.ClH.Mg/c1-13-17(30-12-14-8-10-15(28-6)11-9-14)16-20(31-18(13)19(26)29-7)33-21(24-16)25(5)22(27)32-23(2,3)4;1-6-12-23(26,13-7-2)20-15(3)19(18-21(29-20)30-22(24-4)25-18)28-14-16-8-10-17(27-5)11-9-16;1-2-4-5-3-1;1-3-2;;/h8-11,13,16-18,20H,12H2,1-7H3;6-11,15,18-21,26H,1-2,12-14H2,3-5H3,(H,24,25);1-4H2;3H,1-2H2;1H;/q;;;-1;;+2/p-1/t13-,16+,17-,18-,20+;15-,18+,19-,20-,21+;;;;/m00..../s1. The van der Waals surface area contributed by atoms with Crippen molar-refractivity contribution in [3.05, 3.63) is 105 Å². The van der Waals surface area contributed by atoms with E-state index in [9.17, 15) is 14.7 Å². The number of fused-ring (bicyclic) bond motifs is 2. The molecule has 7 rings (SSSR count). The van der Waals surface area contributed by atoms with E-state index < -0.39 is 53.1 Å². The molecule has 0 aliphatic carbocycles. The van der Waals surface area contributed by atoms with Crippen molar-refractivity contribution in [3.63, 3.8) is 0 Å². The van der Waals surface area contributed by atoms with Gasteiger partial charge in [-0.2, -0.15) is 0 Å². The molecule has 4 saturated heterocycles. The van der Waals surface area contributed by atoms with E-state index in [0.29, 0.717) is 31.2 Å². The van der Waals surface area contributed by atoms with Gasteiger partial charge in [-0.3, -0.25) is 14.9 Å². The number of rotatable bonds is 14. The van der Waals surface area contributed by atoms with Gasteiger partial charge in [0.05, 0.1) is 64.5 Å². The van der Waals surface area contributed by atoms with Crippen molar-refractivity contribution in [2.24, 2.45) is 21.8 Å². The Morgan fingerprint density at radius 3 is 1.84 bits per heavy atom. The van der Waals surface area contributed by atoms with Crippen molar-refractivity contribution in [2.75, 3.05) is 48.6 Å². The number of benzene rings is 2. The van der Waals surface area contributed by atoms with E-state index in [-0.39, 0.29) is 64.9 Å². The second-order valence-corrected chi connectivity index (χ2v) is 20.6. The summed E-state index contributed by atoms with van der Waals surface area (Å²) in [6, 6.07) is 15.0. The van der Waals surface area contributed by atoms with Gasteiger partial charge in [0.1, 0.15) is 34.0 Å². The Kier molecular flexibility index (Phi) is 28.9. The van der Waals surface area contributed by atoms with Crippen molar-refractivity contribution >= 4 is 69.0 Å². The molecule has 0 spiro atoms. The molecular formula is C53H77ClMgN4O12S2. The van der Waals surface area contributed by atoms with Crippen LogP contribution in [0.2, 0.25) is 0 Å². The summed E-state index contributed by atoms with van der Waals surface area (Å²) in [5.74, 6) is 0.741. The summed E-state index contributed by atoms with van der Waals surface area (Å²) >= 11 is 2.81. The van der Waals surface area contributed by atoms with Crippen LogP contribution in [-0.4, -0.2) is 163 Å². The van der Waals surface area contributed by atoms with Crippen LogP contribution in [0.5, 0.6) is 11.5 Å². The average molecular weight is 1090 g/mol. The fourth-order valence-electron chi connectivity index (χ4n) is 8.38. The minimum Gasteiger partial charge on any atom is -1.00 e. The van der Waals surface area contributed by atoms with Gasteiger partial charge in [0.15, 0.2) is 16.4 Å². The van der Waals surface area contributed by atoms with Gasteiger partial charge >= 0.3 is 35.1 Å². The minimum atomic E-state index is -1.08. The third-order valence-corrected chi connectivity index (χ3v) is 14.3. The molecule has 5 aliphatic heterocycles. The van der Waals surface area contributed by atoms with E-state index >= 15 is 0 Å². The molecule has 2 aromatic rings. The number of nitrogens with one attached hydrogen (secondary N) is 1. The molecule has 10 atom stereocenters. The predicted molar refractivity (Wildman–Crippen MR) is 287 cm³/mol. The number of ether oxygens (including phenoxy) is 9. The van der Waals surface area contributed by atoms with E-state index in [1.807, 2.05) is 55.5 Å². The molecule has 2 N–H and O–H groups in total. The van der Waals surface area contributed by atoms with Gasteiger partial charge in [-0.15, -0.1) is 13.2 Å². The molecule has 0 aromatic heterocycles. The second kappa shape index (κ2) is 32.2. The molecular weight excluding hydrogens is 1010 g/mol. The second-order valence-electron chi connectivity index (χ2n) is 18.4. The summed E-state index contributed by atoms with van der Waals surface area (Å²) in [4.78, 5) is 35.3. The maximum absolute atomic E-state index is 12.5. The van der Waals surface area contributed by atoms with Gasteiger partial charge < -0.3 is 65.5 Å². The van der Waals surface area contributed by atoms with Crippen LogP contribution in [0.25, 0.3) is 0 Å². The number of hydrogen-bond acceptors (Lipinski definition) is 16. The number of carbonyl (C=O) groups excluding carboxylic acids is 2. The summed E-state index contributed by atoms with van der Waals surface area (Å²) in [5, 5.41) is 16.1. The molecule has 0 unspecified atom stereocenters. The first-order valence-corrected chi connectivity index (χ1v) is 25.6. The maximum atomic E-state index is 12.5. The number of esters is 1. The molecule has 2 aromatic carbocycles. The quantitative estimate of drug-likeness (QED) is 0.106. The molecule has 0 saturated carbocycles. The van der Waals surface area contributed by atoms with Crippen LogP contribution >= 0.6 is 23.5 Å². The van der Waals surface area contributed by atoms with E-state index in [0.717, 1.165) is 41.0 Å². The zero-order valence-electron chi connectivity index (χ0n) is 44.3. The predicted octanol–water partition coefficient (Wildman–Crippen LogP) is 5.39. The van der Waals surface area contributed by atoms with Crippen LogP contribution < -0.4 is 27.2 Å². The van der Waals surface area contributed by atoms with Crippen LogP contribution in [0.4, 0.5) is 4.79 Å². The van der Waals surface area contributed by atoms with Crippen molar-refractivity contribution in [2.45, 2.75) is 132 Å². The topological polar surface area (TPSA) is 177 Å². The van der Waals surface area contributed by atoms with E-state index in [2.05, 4.69) is 43.9 Å². The van der Waals surface area contributed by atoms with Gasteiger partial charge in [0.25, 0.3) is 0 Å². The van der Waals surface area contributed by atoms with Gasteiger partial charge in [-0.25, -0.2) is 29.2 Å². The molecule has 0 radical (unpaired) electrons. The number of methoxy groups -OCH3 is 3. The van der Waals surface area contributed by atoms with Crippen LogP contribution in [0.3, 0.4) is 0 Å². The number of hydrogen-bond donors (Lipinski definition) is 2. The summed E-state index contributed by atoms with van der Waals surface area (Å²) in [6.07, 6.45) is 6.05. The first-order valence-electron chi connectivity index (χ1n) is 23.8. The Morgan fingerprint density at radius 2 is 1.40 bits per heavy atom. The Morgan fingerprint density at radius 1 is 0.877 bits per heavy atom. The molecule has 20 heteroatoms. The smallest absolute Gasteiger partial charge is 1.00 e. The molecule has 1 amide bonds. The van der Waals surface area contributed by atoms with E-state index in [1.54, 1.807) is 73.0 Å². The maximum Gasteiger partial charge on any atom is 2.00 e. The van der Waals surface area contributed by atoms with E-state index in [1.165, 1.54) is 42.7 Å². The van der Waals surface area contributed by atoms with E-state index in [4.69, 9.17) is 47.6 Å². The van der Waals surface area contributed by atoms with Gasteiger partial charge in [0.2, 0.25) is 0 Å². The molecule has 16 nitrogen and oxygen atoms in total. The Bertz CT molecular complexity index is 2060. The fraction of sp³-hybridized carbons (Fsp3) is 0.566. The number of amidine groups is 2. The average Bonchev–Trinajstić information content (AvgIpc) is 4.16. The summed E-state index contributed by atoms with van der Waals surface area (Å²) in [6.45, 7) is 26.3. The Balaban J connectivity index is 0.000000425. The molecule has 5 heterocycles. The first-order chi connectivity index (χ1) is 33.9. The van der Waals surface area contributed by atoms with Crippen LogP contribution in [-0.2, 0) is 51.2 Å². The third kappa shape index (κ3) is 18.9. The fourth-order valence-corrected chi connectivity index (χ4v) is 10.6. The number of nitrogens with zero attached hydrogens (tertiary/aromatic N) is 3. The monoisotopic (exact) mass is 1080 g/mol. The number of allylic oxidation sites excluding steroid dienone is 1.